The van der Waals surface area contributed by atoms with E-state index in [9.17, 15) is 9.90 Å². The third-order valence-electron chi connectivity index (χ3n) is 2.65. The Labute approximate surface area is 109 Å². The highest BCUT2D eigenvalue weighted by molar-refractivity contribution is 5.95. The highest BCUT2D eigenvalue weighted by Crippen LogP contribution is 2.35. The first-order valence-corrected chi connectivity index (χ1v) is 5.81. The average molecular weight is 269 g/mol. The number of rotatable bonds is 5. The Morgan fingerprint density at radius 1 is 1.32 bits per heavy atom. The number of benzene rings is 1. The maximum atomic E-state index is 11.2. The van der Waals surface area contributed by atoms with Gasteiger partial charge in [0, 0.05) is 18.7 Å². The molecule has 0 saturated carbocycles. The van der Waals surface area contributed by atoms with Crippen molar-refractivity contribution in [3.05, 3.63) is 17.7 Å². The maximum Gasteiger partial charge on any atom is 0.337 e. The molecule has 0 aromatic heterocycles. The Bertz CT molecular complexity index is 476. The highest BCUT2D eigenvalue weighted by atomic mass is 16.6. The molecule has 2 rings (SSSR count). The molecule has 7 heteroatoms. The van der Waals surface area contributed by atoms with Crippen molar-refractivity contribution in [2.45, 2.75) is 6.10 Å². The third kappa shape index (κ3) is 3.07. The van der Waals surface area contributed by atoms with Gasteiger partial charge in [0.05, 0.1) is 24.0 Å². The van der Waals surface area contributed by atoms with Gasteiger partial charge in [-0.3, -0.25) is 0 Å². The van der Waals surface area contributed by atoms with Gasteiger partial charge in [-0.1, -0.05) is 0 Å². The molecule has 1 aliphatic rings. The molecule has 19 heavy (non-hydrogen) atoms. The summed E-state index contributed by atoms with van der Waals surface area (Å²) in [4.78, 5) is 11.2. The predicted molar refractivity (Wildman–Crippen MR) is 66.0 cm³/mol. The van der Waals surface area contributed by atoms with Crippen LogP contribution in [0.2, 0.25) is 0 Å². The molecule has 0 bridgehead atoms. The zero-order chi connectivity index (χ0) is 13.8. The van der Waals surface area contributed by atoms with Crippen LogP contribution in [0.15, 0.2) is 12.1 Å². The Hall–Kier alpha value is -1.99. The second-order valence-electron chi connectivity index (χ2n) is 4.06. The van der Waals surface area contributed by atoms with Crippen molar-refractivity contribution in [3.63, 3.8) is 0 Å². The first kappa shape index (κ1) is 13.4. The lowest BCUT2D eigenvalue weighted by Crippen LogP contribution is -2.24. The van der Waals surface area contributed by atoms with Gasteiger partial charge >= 0.3 is 5.97 Å². The minimum absolute atomic E-state index is 0.0226. The number of anilines is 1. The molecule has 0 saturated heterocycles. The second kappa shape index (κ2) is 5.77. The lowest BCUT2D eigenvalue weighted by Gasteiger charge is -2.21. The molecule has 1 atom stereocenters. The normalized spacial score (nSPS) is 14.8. The van der Waals surface area contributed by atoms with Crippen LogP contribution in [-0.2, 0) is 0 Å². The number of hydrogen-bond donors (Lipinski definition) is 4. The number of hydrogen-bond acceptors (Lipinski definition) is 6. The molecule has 1 aromatic rings. The van der Waals surface area contributed by atoms with Crippen LogP contribution in [0.4, 0.5) is 5.69 Å². The Morgan fingerprint density at radius 2 is 1.95 bits per heavy atom. The van der Waals surface area contributed by atoms with E-state index in [-0.39, 0.29) is 12.1 Å². The van der Waals surface area contributed by atoms with Gasteiger partial charge in [0.1, 0.15) is 13.2 Å². The standard InChI is InChI=1S/C12H15NO6/c14-6-7(15)5-13-9-4-11-10(18-1-2-19-11)3-8(9)12(16)17/h3-4,7,13-15H,1-2,5-6H2,(H,16,17). The lowest BCUT2D eigenvalue weighted by molar-refractivity contribution is 0.0696. The number of aliphatic hydroxyl groups excluding tert-OH is 2. The molecule has 0 radical (unpaired) electrons. The van der Waals surface area contributed by atoms with Gasteiger partial charge in [-0.05, 0) is 0 Å². The number of aliphatic hydroxyl groups is 2. The molecule has 7 nitrogen and oxygen atoms in total. The van der Waals surface area contributed by atoms with Crippen LogP contribution in [0.5, 0.6) is 11.5 Å². The van der Waals surface area contributed by atoms with E-state index in [1.54, 1.807) is 0 Å². The van der Waals surface area contributed by atoms with E-state index < -0.39 is 18.7 Å². The Balaban J connectivity index is 2.26. The summed E-state index contributed by atoms with van der Waals surface area (Å²) in [5.74, 6) is -0.271. The van der Waals surface area contributed by atoms with Gasteiger partial charge in [0.2, 0.25) is 0 Å². The number of ether oxygens (including phenoxy) is 2. The smallest absolute Gasteiger partial charge is 0.337 e. The minimum Gasteiger partial charge on any atom is -0.486 e. The molecule has 1 aliphatic heterocycles. The average Bonchev–Trinajstić information content (AvgIpc) is 2.43. The largest absolute Gasteiger partial charge is 0.486 e. The molecule has 1 aromatic carbocycles. The van der Waals surface area contributed by atoms with Gasteiger partial charge < -0.3 is 30.1 Å². The molecule has 1 heterocycles. The van der Waals surface area contributed by atoms with E-state index in [4.69, 9.17) is 19.7 Å². The number of aromatic carboxylic acids is 1. The first-order valence-electron chi connectivity index (χ1n) is 5.81. The minimum atomic E-state index is -1.11. The fourth-order valence-electron chi connectivity index (χ4n) is 1.70. The van der Waals surface area contributed by atoms with Crippen molar-refractivity contribution < 1.29 is 29.6 Å². The number of carboxylic acids is 1. The third-order valence-corrected chi connectivity index (χ3v) is 2.65. The van der Waals surface area contributed by atoms with Crippen molar-refractivity contribution in [2.24, 2.45) is 0 Å². The number of fused-ring (bicyclic) bond motifs is 1. The summed E-state index contributed by atoms with van der Waals surface area (Å²) in [5, 5.41) is 29.9. The summed E-state index contributed by atoms with van der Waals surface area (Å²) in [6, 6.07) is 2.90. The van der Waals surface area contributed by atoms with Crippen molar-refractivity contribution in [1.29, 1.82) is 0 Å². The fourth-order valence-corrected chi connectivity index (χ4v) is 1.70. The maximum absolute atomic E-state index is 11.2. The van der Waals surface area contributed by atoms with E-state index in [0.717, 1.165) is 0 Å². The van der Waals surface area contributed by atoms with Gasteiger partial charge in [-0.2, -0.15) is 0 Å². The molecule has 1 unspecified atom stereocenters. The predicted octanol–water partition coefficient (Wildman–Crippen LogP) is -0.0789. The van der Waals surface area contributed by atoms with Crippen LogP contribution in [0.1, 0.15) is 10.4 Å². The fraction of sp³-hybridized carbons (Fsp3) is 0.417. The van der Waals surface area contributed by atoms with Crippen LogP contribution in [-0.4, -0.2) is 53.8 Å². The van der Waals surface area contributed by atoms with E-state index in [0.29, 0.717) is 30.4 Å². The molecule has 0 amide bonds. The summed E-state index contributed by atoms with van der Waals surface area (Å²) >= 11 is 0. The number of carboxylic acid groups (broad SMARTS) is 1. The Morgan fingerprint density at radius 3 is 2.53 bits per heavy atom. The number of nitrogens with one attached hydrogen (secondary N) is 1. The summed E-state index contributed by atoms with van der Waals surface area (Å²) in [7, 11) is 0. The van der Waals surface area contributed by atoms with Gasteiger partial charge in [-0.15, -0.1) is 0 Å². The summed E-state index contributed by atoms with van der Waals surface area (Å²) in [6.07, 6.45) is -0.963. The highest BCUT2D eigenvalue weighted by Gasteiger charge is 2.19. The molecule has 104 valence electrons. The van der Waals surface area contributed by atoms with Crippen molar-refractivity contribution in [1.82, 2.24) is 0 Å². The zero-order valence-electron chi connectivity index (χ0n) is 10.1. The first-order chi connectivity index (χ1) is 9.11. The van der Waals surface area contributed by atoms with E-state index in [2.05, 4.69) is 5.32 Å². The zero-order valence-corrected chi connectivity index (χ0v) is 10.1. The van der Waals surface area contributed by atoms with Crippen LogP contribution >= 0.6 is 0 Å². The van der Waals surface area contributed by atoms with Crippen molar-refractivity contribution in [2.75, 3.05) is 31.7 Å². The summed E-state index contributed by atoms with van der Waals surface area (Å²) in [5.41, 5.74) is 0.332. The SMILES string of the molecule is O=C(O)c1cc2c(cc1NCC(O)CO)OCCO2. The molecule has 0 spiro atoms. The molecule has 0 fully saturated rings. The lowest BCUT2D eigenvalue weighted by atomic mass is 10.1. The monoisotopic (exact) mass is 269 g/mol. The second-order valence-corrected chi connectivity index (χ2v) is 4.06. The van der Waals surface area contributed by atoms with Crippen molar-refractivity contribution >= 4 is 11.7 Å². The van der Waals surface area contributed by atoms with Gasteiger partial charge in [0.15, 0.2) is 11.5 Å². The quantitative estimate of drug-likeness (QED) is 0.592. The van der Waals surface area contributed by atoms with E-state index in [1.807, 2.05) is 0 Å². The van der Waals surface area contributed by atoms with Gasteiger partial charge in [0.25, 0.3) is 0 Å². The molecule has 4 N–H and O–H groups in total. The van der Waals surface area contributed by atoms with E-state index in [1.165, 1.54) is 12.1 Å². The molecular formula is C12H15NO6. The summed E-state index contributed by atoms with van der Waals surface area (Å²) < 4.78 is 10.7. The van der Waals surface area contributed by atoms with E-state index >= 15 is 0 Å². The van der Waals surface area contributed by atoms with Crippen LogP contribution in [0.3, 0.4) is 0 Å². The van der Waals surface area contributed by atoms with Crippen LogP contribution < -0.4 is 14.8 Å². The molecular weight excluding hydrogens is 254 g/mol. The molecule has 0 aliphatic carbocycles. The van der Waals surface area contributed by atoms with Crippen LogP contribution in [0.25, 0.3) is 0 Å². The van der Waals surface area contributed by atoms with Gasteiger partial charge in [-0.25, -0.2) is 4.79 Å². The number of carbonyl (C=O) groups is 1. The topological polar surface area (TPSA) is 108 Å². The van der Waals surface area contributed by atoms with Crippen LogP contribution in [0, 0.1) is 0 Å². The Kier molecular flexibility index (Phi) is 4.08. The van der Waals surface area contributed by atoms with Crippen molar-refractivity contribution in [3.8, 4) is 11.5 Å². The summed E-state index contributed by atoms with van der Waals surface area (Å²) in [6.45, 7) is 0.413.